The summed E-state index contributed by atoms with van der Waals surface area (Å²) in [6.07, 6.45) is 0. The summed E-state index contributed by atoms with van der Waals surface area (Å²) in [4.78, 5) is 21.2. The van der Waals surface area contributed by atoms with Crippen molar-refractivity contribution < 1.29 is 14.4 Å². The number of benzene rings is 2. The highest BCUT2D eigenvalue weighted by atomic mass is 32.1. The van der Waals surface area contributed by atoms with Crippen LogP contribution in [0, 0.1) is 13.8 Å². The summed E-state index contributed by atoms with van der Waals surface area (Å²) in [6.45, 7) is 10.0. The number of piperazine rings is 1. The lowest BCUT2D eigenvalue weighted by Crippen LogP contribution is -3.15. The maximum Gasteiger partial charge on any atom is 0.251 e. The highest BCUT2D eigenvalue weighted by Crippen LogP contribution is 2.31. The number of hydrogen-bond donors (Lipinski definition) is 2. The number of carbonyl (C=O) groups excluding carboxylic acids is 1. The monoisotopic (exact) mass is 425 g/mol. The molecule has 2 aromatic carbocycles. The Labute approximate surface area is 181 Å². The number of nitrogens with zero attached hydrogens (tertiary/aromatic N) is 2. The van der Waals surface area contributed by atoms with Crippen LogP contribution in [0.3, 0.4) is 0 Å². The molecule has 0 unspecified atom stereocenters. The molecule has 1 amide bonds. The van der Waals surface area contributed by atoms with Gasteiger partial charge in [0.25, 0.3) is 5.91 Å². The number of nitrogens with one attached hydrogen (secondary N) is 2. The molecule has 158 valence electrons. The van der Waals surface area contributed by atoms with Crippen molar-refractivity contribution in [1.29, 1.82) is 0 Å². The van der Waals surface area contributed by atoms with E-state index in [-0.39, 0.29) is 5.91 Å². The maximum atomic E-state index is 12.3. The molecular formula is C23H29N4O2S+. The van der Waals surface area contributed by atoms with E-state index < -0.39 is 0 Å². The van der Waals surface area contributed by atoms with Crippen molar-refractivity contribution >= 4 is 32.6 Å². The molecule has 1 fully saturated rings. The van der Waals surface area contributed by atoms with Crippen LogP contribution in [0.5, 0.6) is 5.75 Å². The van der Waals surface area contributed by atoms with E-state index in [1.807, 2.05) is 18.2 Å². The van der Waals surface area contributed by atoms with Gasteiger partial charge >= 0.3 is 0 Å². The lowest BCUT2D eigenvalue weighted by atomic mass is 10.1. The third-order valence-electron chi connectivity index (χ3n) is 5.91. The zero-order chi connectivity index (χ0) is 21.1. The van der Waals surface area contributed by atoms with E-state index in [9.17, 15) is 4.79 Å². The van der Waals surface area contributed by atoms with Gasteiger partial charge in [-0.15, -0.1) is 0 Å². The van der Waals surface area contributed by atoms with Crippen molar-refractivity contribution in [2.75, 3.05) is 51.3 Å². The molecule has 1 saturated heterocycles. The van der Waals surface area contributed by atoms with E-state index in [1.54, 1.807) is 24.5 Å². The number of ether oxygens (including phenoxy) is 1. The van der Waals surface area contributed by atoms with Crippen LogP contribution in [0.4, 0.5) is 5.13 Å². The number of amides is 1. The minimum atomic E-state index is -0.0490. The lowest BCUT2D eigenvalue weighted by Gasteiger charge is -2.32. The van der Waals surface area contributed by atoms with Crippen LogP contribution in [0.1, 0.15) is 21.5 Å². The molecule has 0 spiro atoms. The fraction of sp³-hybridized carbons (Fsp3) is 0.391. The Balaban J connectivity index is 1.27. The molecule has 7 heteroatoms. The number of aryl methyl sites for hydroxylation is 2. The van der Waals surface area contributed by atoms with Gasteiger partial charge in [0.15, 0.2) is 5.13 Å². The molecule has 1 aliphatic rings. The quantitative estimate of drug-likeness (QED) is 0.635. The fourth-order valence-corrected chi connectivity index (χ4v) is 4.91. The normalized spacial score (nSPS) is 14.8. The number of methoxy groups -OCH3 is 1. The molecule has 6 nitrogen and oxygen atoms in total. The van der Waals surface area contributed by atoms with Crippen LogP contribution < -0.4 is 19.9 Å². The van der Waals surface area contributed by atoms with Crippen LogP contribution in [0.15, 0.2) is 36.4 Å². The Kier molecular flexibility index (Phi) is 6.20. The van der Waals surface area contributed by atoms with E-state index >= 15 is 0 Å². The molecule has 0 radical (unpaired) electrons. The SMILES string of the molecule is COc1cccc(C(=O)NCC[NH+]2CCN(c3nc4c(C)c(C)ccc4s3)CC2)c1. The number of fused-ring (bicyclic) bond motifs is 1. The van der Waals surface area contributed by atoms with Crippen LogP contribution in [0.2, 0.25) is 0 Å². The molecular weight excluding hydrogens is 396 g/mol. The predicted molar refractivity (Wildman–Crippen MR) is 122 cm³/mol. The van der Waals surface area contributed by atoms with Gasteiger partial charge in [-0.3, -0.25) is 4.79 Å². The molecule has 3 aromatic rings. The van der Waals surface area contributed by atoms with Gasteiger partial charge in [0.05, 0.1) is 56.6 Å². The predicted octanol–water partition coefficient (Wildman–Crippen LogP) is 2.06. The molecule has 4 rings (SSSR count). The number of anilines is 1. The minimum Gasteiger partial charge on any atom is -0.497 e. The third-order valence-corrected chi connectivity index (χ3v) is 6.99. The molecule has 30 heavy (non-hydrogen) atoms. The molecule has 0 atom stereocenters. The van der Waals surface area contributed by atoms with E-state index in [0.29, 0.717) is 17.9 Å². The minimum absolute atomic E-state index is 0.0490. The Hall–Kier alpha value is -2.64. The van der Waals surface area contributed by atoms with E-state index in [2.05, 4.69) is 36.2 Å². The van der Waals surface area contributed by atoms with Crippen molar-refractivity contribution in [3.63, 3.8) is 0 Å². The average Bonchev–Trinajstić information content (AvgIpc) is 3.22. The highest BCUT2D eigenvalue weighted by Gasteiger charge is 2.22. The summed E-state index contributed by atoms with van der Waals surface area (Å²) in [6, 6.07) is 11.6. The van der Waals surface area contributed by atoms with Gasteiger partial charge in [0.1, 0.15) is 5.75 Å². The first-order valence-electron chi connectivity index (χ1n) is 10.4. The van der Waals surface area contributed by atoms with Crippen molar-refractivity contribution in [2.45, 2.75) is 13.8 Å². The second kappa shape index (κ2) is 9.02. The van der Waals surface area contributed by atoms with Gasteiger partial charge in [-0.2, -0.15) is 0 Å². The number of aromatic nitrogens is 1. The molecule has 2 heterocycles. The van der Waals surface area contributed by atoms with E-state index in [0.717, 1.165) is 43.4 Å². The molecule has 0 saturated carbocycles. The molecule has 1 aliphatic heterocycles. The molecule has 2 N–H and O–H groups in total. The van der Waals surface area contributed by atoms with Crippen molar-refractivity contribution in [3.05, 3.63) is 53.1 Å². The number of carbonyl (C=O) groups is 1. The Morgan fingerprint density at radius 2 is 2.03 bits per heavy atom. The number of quaternary nitrogens is 1. The molecule has 1 aromatic heterocycles. The first kappa shape index (κ1) is 20.6. The van der Waals surface area contributed by atoms with E-state index in [4.69, 9.17) is 9.72 Å². The summed E-state index contributed by atoms with van der Waals surface area (Å²) >= 11 is 1.79. The fourth-order valence-electron chi connectivity index (χ4n) is 3.83. The number of thiazole rings is 1. The zero-order valence-electron chi connectivity index (χ0n) is 17.8. The summed E-state index contributed by atoms with van der Waals surface area (Å²) < 4.78 is 6.46. The van der Waals surface area contributed by atoms with E-state index in [1.165, 1.54) is 20.7 Å². The number of hydrogen-bond acceptors (Lipinski definition) is 5. The maximum absolute atomic E-state index is 12.3. The second-order valence-corrected chi connectivity index (χ2v) is 8.83. The highest BCUT2D eigenvalue weighted by molar-refractivity contribution is 7.22. The average molecular weight is 426 g/mol. The first-order valence-corrected chi connectivity index (χ1v) is 11.2. The number of rotatable bonds is 6. The smallest absolute Gasteiger partial charge is 0.251 e. The second-order valence-electron chi connectivity index (χ2n) is 7.83. The first-order chi connectivity index (χ1) is 14.5. The summed E-state index contributed by atoms with van der Waals surface area (Å²) in [5.41, 5.74) is 4.36. The van der Waals surface area contributed by atoms with Crippen LogP contribution in [0.25, 0.3) is 10.2 Å². The van der Waals surface area contributed by atoms with Gasteiger partial charge in [-0.25, -0.2) is 4.98 Å². The zero-order valence-corrected chi connectivity index (χ0v) is 18.6. The lowest BCUT2D eigenvalue weighted by molar-refractivity contribution is -0.899. The van der Waals surface area contributed by atoms with Gasteiger partial charge in [0, 0.05) is 5.56 Å². The van der Waals surface area contributed by atoms with Crippen LogP contribution >= 0.6 is 11.3 Å². The Morgan fingerprint density at radius 3 is 2.80 bits per heavy atom. The van der Waals surface area contributed by atoms with Crippen molar-refractivity contribution in [1.82, 2.24) is 10.3 Å². The van der Waals surface area contributed by atoms with Crippen LogP contribution in [-0.2, 0) is 0 Å². The Bertz CT molecular complexity index is 1040. The topological polar surface area (TPSA) is 58.9 Å². The van der Waals surface area contributed by atoms with Gasteiger partial charge in [-0.1, -0.05) is 23.5 Å². The van der Waals surface area contributed by atoms with Gasteiger partial charge in [0.2, 0.25) is 0 Å². The summed E-state index contributed by atoms with van der Waals surface area (Å²) in [7, 11) is 1.61. The van der Waals surface area contributed by atoms with Crippen molar-refractivity contribution in [2.24, 2.45) is 0 Å². The summed E-state index contributed by atoms with van der Waals surface area (Å²) in [5.74, 6) is 0.650. The van der Waals surface area contributed by atoms with Gasteiger partial charge < -0.3 is 19.9 Å². The summed E-state index contributed by atoms with van der Waals surface area (Å²) in [5, 5.41) is 4.16. The molecule has 0 bridgehead atoms. The van der Waals surface area contributed by atoms with Gasteiger partial charge in [-0.05, 0) is 49.2 Å². The largest absolute Gasteiger partial charge is 0.497 e. The molecule has 0 aliphatic carbocycles. The standard InChI is InChI=1S/C23H28N4O2S/c1-16-7-8-20-21(17(16)2)25-23(30-20)27-13-11-26(12-14-27)10-9-24-22(28)18-5-4-6-19(15-18)29-3/h4-8,15H,9-14H2,1-3H3,(H,24,28)/p+1. The van der Waals surface area contributed by atoms with Crippen LogP contribution in [-0.4, -0.2) is 57.3 Å². The third kappa shape index (κ3) is 4.42. The Morgan fingerprint density at radius 1 is 1.23 bits per heavy atom. The van der Waals surface area contributed by atoms with Crippen molar-refractivity contribution in [3.8, 4) is 5.75 Å².